The second kappa shape index (κ2) is 7.05. The van der Waals surface area contributed by atoms with E-state index in [1.54, 1.807) is 0 Å². The molecule has 0 aliphatic heterocycles. The number of carboxylic acid groups (broad SMARTS) is 1. The van der Waals surface area contributed by atoms with Gasteiger partial charge in [0.15, 0.2) is 0 Å². The first-order valence-corrected chi connectivity index (χ1v) is 7.83. The Balaban J connectivity index is 2.93. The molecule has 0 saturated heterocycles. The monoisotopic (exact) mass is 351 g/mol. The van der Waals surface area contributed by atoms with E-state index in [0.29, 0.717) is 0 Å². The fourth-order valence-corrected chi connectivity index (χ4v) is 2.66. The van der Waals surface area contributed by atoms with E-state index < -0.39 is 38.6 Å². The zero-order valence-electron chi connectivity index (χ0n) is 11.2. The Hall–Kier alpha value is -1.68. The SMILES string of the molecule is N[C@@H](CCC(=O)Cc1cc(Cl)cc(S(=O)(=O)O)c1O)C(=O)O. The number of aromatic hydroxyl groups is 1. The van der Waals surface area contributed by atoms with Crippen LogP contribution in [0.1, 0.15) is 18.4 Å². The topological polar surface area (TPSA) is 155 Å². The van der Waals surface area contributed by atoms with Crippen LogP contribution in [0.15, 0.2) is 17.0 Å². The lowest BCUT2D eigenvalue weighted by atomic mass is 10.0. The fraction of sp³-hybridized carbons (Fsp3) is 0.333. The van der Waals surface area contributed by atoms with Gasteiger partial charge in [-0.3, -0.25) is 14.1 Å². The molecule has 0 aliphatic carbocycles. The van der Waals surface area contributed by atoms with Gasteiger partial charge < -0.3 is 15.9 Å². The van der Waals surface area contributed by atoms with Crippen LogP contribution in [0, 0.1) is 0 Å². The summed E-state index contributed by atoms with van der Waals surface area (Å²) in [6.45, 7) is 0. The van der Waals surface area contributed by atoms with Gasteiger partial charge in [-0.1, -0.05) is 11.6 Å². The van der Waals surface area contributed by atoms with Gasteiger partial charge in [0.2, 0.25) is 0 Å². The third-order valence-corrected chi connectivity index (χ3v) is 3.92. The second-order valence-electron chi connectivity index (χ2n) is 4.59. The lowest BCUT2D eigenvalue weighted by molar-refractivity contribution is -0.138. The predicted octanol–water partition coefficient (Wildman–Crippen LogP) is 0.596. The number of carboxylic acids is 1. The highest BCUT2D eigenvalue weighted by molar-refractivity contribution is 7.86. The molecule has 0 heterocycles. The van der Waals surface area contributed by atoms with Gasteiger partial charge in [0.25, 0.3) is 10.1 Å². The number of phenols is 1. The number of nitrogens with two attached hydrogens (primary N) is 1. The minimum atomic E-state index is -4.69. The van der Waals surface area contributed by atoms with Crippen molar-refractivity contribution in [3.8, 4) is 5.75 Å². The van der Waals surface area contributed by atoms with Crippen LogP contribution in [-0.4, -0.2) is 41.0 Å². The maximum absolute atomic E-state index is 11.7. The molecule has 1 aromatic rings. The van der Waals surface area contributed by atoms with E-state index >= 15 is 0 Å². The summed E-state index contributed by atoms with van der Waals surface area (Å²) in [6.07, 6.45) is -0.636. The van der Waals surface area contributed by atoms with Crippen LogP contribution in [-0.2, 0) is 26.1 Å². The number of phenolic OH excluding ortho intramolecular Hbond substituents is 1. The van der Waals surface area contributed by atoms with Crippen molar-refractivity contribution in [2.75, 3.05) is 0 Å². The van der Waals surface area contributed by atoms with Crippen LogP contribution in [0.3, 0.4) is 0 Å². The van der Waals surface area contributed by atoms with Gasteiger partial charge in [0, 0.05) is 23.4 Å². The summed E-state index contributed by atoms with van der Waals surface area (Å²) < 4.78 is 31.2. The summed E-state index contributed by atoms with van der Waals surface area (Å²) in [6, 6.07) is 0.839. The number of aliphatic carboxylic acids is 1. The lowest BCUT2D eigenvalue weighted by Crippen LogP contribution is -2.30. The Labute approximate surface area is 131 Å². The minimum absolute atomic E-state index is 0.0875. The van der Waals surface area contributed by atoms with Crippen LogP contribution in [0.4, 0.5) is 0 Å². The number of hydrogen-bond acceptors (Lipinski definition) is 6. The molecule has 5 N–H and O–H groups in total. The molecule has 0 saturated carbocycles. The minimum Gasteiger partial charge on any atom is -0.506 e. The molecular formula is C12H14ClNO7S. The maximum Gasteiger partial charge on any atom is 0.320 e. The largest absolute Gasteiger partial charge is 0.506 e. The van der Waals surface area contributed by atoms with Gasteiger partial charge in [0.05, 0.1) is 0 Å². The molecule has 1 rings (SSSR count). The van der Waals surface area contributed by atoms with Crippen molar-refractivity contribution in [2.24, 2.45) is 5.73 Å². The highest BCUT2D eigenvalue weighted by atomic mass is 35.5. The Morgan fingerprint density at radius 3 is 2.41 bits per heavy atom. The highest BCUT2D eigenvalue weighted by Gasteiger charge is 2.21. The Kier molecular flexibility index (Phi) is 5.89. The van der Waals surface area contributed by atoms with Crippen LogP contribution >= 0.6 is 11.6 Å². The third kappa shape index (κ3) is 4.95. The average Bonchev–Trinajstić information content (AvgIpc) is 2.38. The molecule has 1 aromatic carbocycles. The predicted molar refractivity (Wildman–Crippen MR) is 76.5 cm³/mol. The molecule has 0 unspecified atom stereocenters. The van der Waals surface area contributed by atoms with Gasteiger partial charge in [-0.2, -0.15) is 8.42 Å². The standard InChI is InChI=1S/C12H14ClNO7S/c13-7-3-6(11(16)10(5-7)22(19,20)21)4-8(15)1-2-9(14)12(17)18/h3,5,9,16H,1-2,4,14H2,(H,17,18)(H,19,20,21)/t9-/m0/s1. The molecule has 122 valence electrons. The van der Waals surface area contributed by atoms with Gasteiger partial charge in [-0.25, -0.2) is 0 Å². The third-order valence-electron chi connectivity index (χ3n) is 2.84. The molecule has 8 nitrogen and oxygen atoms in total. The summed E-state index contributed by atoms with van der Waals surface area (Å²) in [7, 11) is -4.69. The number of halogens is 1. The number of rotatable bonds is 7. The van der Waals surface area contributed by atoms with E-state index in [2.05, 4.69) is 0 Å². The van der Waals surface area contributed by atoms with Crippen molar-refractivity contribution >= 4 is 33.5 Å². The maximum atomic E-state index is 11.7. The van der Waals surface area contributed by atoms with Crippen molar-refractivity contribution in [3.05, 3.63) is 22.7 Å². The molecule has 0 aromatic heterocycles. The Morgan fingerprint density at radius 1 is 1.32 bits per heavy atom. The first kappa shape index (κ1) is 18.4. The van der Waals surface area contributed by atoms with Crippen LogP contribution in [0.5, 0.6) is 5.75 Å². The van der Waals surface area contributed by atoms with E-state index in [1.807, 2.05) is 0 Å². The molecule has 1 atom stereocenters. The zero-order chi connectivity index (χ0) is 17.1. The van der Waals surface area contributed by atoms with E-state index in [1.165, 1.54) is 6.07 Å². The quantitative estimate of drug-likeness (QED) is 0.520. The summed E-state index contributed by atoms with van der Waals surface area (Å²) >= 11 is 5.68. The average molecular weight is 352 g/mol. The van der Waals surface area contributed by atoms with E-state index in [9.17, 15) is 23.1 Å². The highest BCUT2D eigenvalue weighted by Crippen LogP contribution is 2.31. The Morgan fingerprint density at radius 2 is 1.91 bits per heavy atom. The van der Waals surface area contributed by atoms with Gasteiger partial charge in [0.1, 0.15) is 22.5 Å². The summed E-state index contributed by atoms with van der Waals surface area (Å²) in [5.74, 6) is -2.48. The molecule has 0 bridgehead atoms. The lowest BCUT2D eigenvalue weighted by Gasteiger charge is -2.09. The van der Waals surface area contributed by atoms with Crippen LogP contribution < -0.4 is 5.73 Å². The number of benzene rings is 1. The van der Waals surface area contributed by atoms with Crippen molar-refractivity contribution < 1.29 is 32.8 Å². The fourth-order valence-electron chi connectivity index (χ4n) is 1.70. The van der Waals surface area contributed by atoms with Gasteiger partial charge in [-0.05, 0) is 18.6 Å². The van der Waals surface area contributed by atoms with Crippen molar-refractivity contribution in [3.63, 3.8) is 0 Å². The van der Waals surface area contributed by atoms with E-state index in [-0.39, 0.29) is 29.8 Å². The van der Waals surface area contributed by atoms with Crippen LogP contribution in [0.25, 0.3) is 0 Å². The normalized spacial score (nSPS) is 12.9. The number of Topliss-reactive ketones (excluding diaryl/α,β-unsaturated/α-hetero) is 1. The Bertz CT molecular complexity index is 702. The first-order chi connectivity index (χ1) is 10.0. The molecule has 0 aliphatic rings. The molecule has 0 amide bonds. The second-order valence-corrected chi connectivity index (χ2v) is 6.41. The number of hydrogen-bond donors (Lipinski definition) is 4. The van der Waals surface area contributed by atoms with E-state index in [4.69, 9.17) is 27.0 Å². The molecule has 10 heteroatoms. The number of carbonyl (C=O) groups is 2. The molecule has 0 radical (unpaired) electrons. The summed E-state index contributed by atoms with van der Waals surface area (Å²) in [5, 5.41) is 18.3. The van der Waals surface area contributed by atoms with Crippen molar-refractivity contribution in [2.45, 2.75) is 30.2 Å². The summed E-state index contributed by atoms with van der Waals surface area (Å²) in [4.78, 5) is 21.5. The smallest absolute Gasteiger partial charge is 0.320 e. The van der Waals surface area contributed by atoms with Gasteiger partial charge in [-0.15, -0.1) is 0 Å². The van der Waals surface area contributed by atoms with Gasteiger partial charge >= 0.3 is 5.97 Å². The number of carbonyl (C=O) groups excluding carboxylic acids is 1. The van der Waals surface area contributed by atoms with Crippen molar-refractivity contribution in [1.82, 2.24) is 0 Å². The van der Waals surface area contributed by atoms with Crippen molar-refractivity contribution in [1.29, 1.82) is 0 Å². The molecule has 0 spiro atoms. The summed E-state index contributed by atoms with van der Waals surface area (Å²) in [5.41, 5.74) is 5.17. The zero-order valence-corrected chi connectivity index (χ0v) is 12.8. The first-order valence-electron chi connectivity index (χ1n) is 6.01. The molecule has 0 fully saturated rings. The molecule has 22 heavy (non-hydrogen) atoms. The van der Waals surface area contributed by atoms with E-state index in [0.717, 1.165) is 6.07 Å². The molecular weight excluding hydrogens is 338 g/mol. The van der Waals surface area contributed by atoms with Crippen LogP contribution in [0.2, 0.25) is 5.02 Å². The number of ketones is 1.